The van der Waals surface area contributed by atoms with Crippen LogP contribution < -0.4 is 0 Å². The molecule has 0 aromatic heterocycles. The average molecular weight is 190 g/mol. The van der Waals surface area contributed by atoms with Gasteiger partial charge in [0, 0.05) is 6.61 Å². The lowest BCUT2D eigenvalue weighted by Gasteiger charge is -2.30. The second-order valence-electron chi connectivity index (χ2n) is 4.30. The van der Waals surface area contributed by atoms with E-state index >= 15 is 0 Å². The fourth-order valence-corrected chi connectivity index (χ4v) is 2.61. The molecule has 1 nitrogen and oxygen atoms in total. The van der Waals surface area contributed by atoms with Gasteiger partial charge in [-0.3, -0.25) is 0 Å². The fraction of sp³-hybridized carbons (Fsp3) is 0.538. The highest BCUT2D eigenvalue weighted by molar-refractivity contribution is 5.32. The molecule has 1 aliphatic carbocycles. The summed E-state index contributed by atoms with van der Waals surface area (Å²) in [7, 11) is 0. The van der Waals surface area contributed by atoms with Gasteiger partial charge in [0.2, 0.25) is 0 Å². The average Bonchev–Trinajstić information content (AvgIpc) is 2.23. The molecule has 0 saturated heterocycles. The van der Waals surface area contributed by atoms with Gasteiger partial charge in [-0.15, -0.1) is 0 Å². The van der Waals surface area contributed by atoms with Crippen molar-refractivity contribution in [2.45, 2.75) is 32.1 Å². The van der Waals surface area contributed by atoms with Crippen molar-refractivity contribution in [3.63, 3.8) is 0 Å². The van der Waals surface area contributed by atoms with Crippen LogP contribution in [-0.2, 0) is 6.42 Å². The Morgan fingerprint density at radius 3 is 2.93 bits per heavy atom. The van der Waals surface area contributed by atoms with Crippen LogP contribution >= 0.6 is 0 Å². The molecule has 2 atom stereocenters. The zero-order valence-corrected chi connectivity index (χ0v) is 8.74. The van der Waals surface area contributed by atoms with Crippen molar-refractivity contribution < 1.29 is 5.11 Å². The maximum atomic E-state index is 8.98. The highest BCUT2D eigenvalue weighted by Gasteiger charge is 2.24. The lowest BCUT2D eigenvalue weighted by atomic mass is 9.75. The molecule has 0 bridgehead atoms. The van der Waals surface area contributed by atoms with Crippen molar-refractivity contribution in [2.75, 3.05) is 6.61 Å². The molecule has 76 valence electrons. The Hall–Kier alpha value is -0.820. The molecular weight excluding hydrogens is 172 g/mol. The molecule has 0 amide bonds. The molecule has 1 aromatic rings. The predicted molar refractivity (Wildman–Crippen MR) is 58.4 cm³/mol. The first-order valence-electron chi connectivity index (χ1n) is 5.51. The van der Waals surface area contributed by atoms with E-state index in [-0.39, 0.29) is 0 Å². The van der Waals surface area contributed by atoms with E-state index in [1.165, 1.54) is 24.0 Å². The molecule has 2 rings (SSSR count). The Morgan fingerprint density at radius 2 is 2.14 bits per heavy atom. The van der Waals surface area contributed by atoms with Gasteiger partial charge in [-0.05, 0) is 42.2 Å². The lowest BCUT2D eigenvalue weighted by molar-refractivity contribution is 0.234. The molecule has 0 saturated carbocycles. The molecule has 0 heterocycles. The Balaban J connectivity index is 2.22. The van der Waals surface area contributed by atoms with Gasteiger partial charge in [-0.1, -0.05) is 31.2 Å². The van der Waals surface area contributed by atoms with E-state index in [2.05, 4.69) is 31.2 Å². The van der Waals surface area contributed by atoms with Gasteiger partial charge in [0.15, 0.2) is 0 Å². The number of benzene rings is 1. The summed E-state index contributed by atoms with van der Waals surface area (Å²) in [5.74, 6) is 1.29. The fourth-order valence-electron chi connectivity index (χ4n) is 2.61. The molecular formula is C13H18O. The number of aliphatic hydroxyl groups excluding tert-OH is 1. The highest BCUT2D eigenvalue weighted by Crippen LogP contribution is 2.37. The predicted octanol–water partition coefficient (Wildman–Crippen LogP) is 2.73. The number of hydrogen-bond donors (Lipinski definition) is 1. The maximum absolute atomic E-state index is 8.98. The van der Waals surface area contributed by atoms with Crippen LogP contribution in [0.1, 0.15) is 36.8 Å². The van der Waals surface area contributed by atoms with E-state index < -0.39 is 0 Å². The van der Waals surface area contributed by atoms with Crippen LogP contribution in [0.25, 0.3) is 0 Å². The molecule has 0 aliphatic heterocycles. The van der Waals surface area contributed by atoms with Crippen molar-refractivity contribution in [3.8, 4) is 0 Å². The molecule has 1 aliphatic rings. The van der Waals surface area contributed by atoms with Crippen molar-refractivity contribution in [2.24, 2.45) is 5.92 Å². The van der Waals surface area contributed by atoms with Gasteiger partial charge in [-0.2, -0.15) is 0 Å². The maximum Gasteiger partial charge on any atom is 0.0433 e. The number of rotatable bonds is 2. The van der Waals surface area contributed by atoms with Crippen molar-refractivity contribution in [1.82, 2.24) is 0 Å². The quantitative estimate of drug-likeness (QED) is 0.760. The minimum Gasteiger partial charge on any atom is -0.396 e. The van der Waals surface area contributed by atoms with Gasteiger partial charge >= 0.3 is 0 Å². The van der Waals surface area contributed by atoms with Crippen LogP contribution in [0.4, 0.5) is 0 Å². The first-order chi connectivity index (χ1) is 6.83. The highest BCUT2D eigenvalue weighted by atomic mass is 16.3. The summed E-state index contributed by atoms with van der Waals surface area (Å²) in [5, 5.41) is 8.98. The molecule has 1 aromatic carbocycles. The van der Waals surface area contributed by atoms with Crippen LogP contribution in [0.5, 0.6) is 0 Å². The number of fused-ring (bicyclic) bond motifs is 1. The summed E-state index contributed by atoms with van der Waals surface area (Å²) in [6.07, 6.45) is 3.37. The van der Waals surface area contributed by atoms with E-state index in [0.29, 0.717) is 18.4 Å². The standard InChI is InChI=1S/C13H18O/c1-10-11(8-9-14)6-7-12-4-2-3-5-13(10)12/h2-5,10-11,14H,6-9H2,1H3/t10-,11-/m0/s1. The third-order valence-corrected chi connectivity index (χ3v) is 3.54. The largest absolute Gasteiger partial charge is 0.396 e. The van der Waals surface area contributed by atoms with Crippen molar-refractivity contribution in [1.29, 1.82) is 0 Å². The topological polar surface area (TPSA) is 20.2 Å². The first-order valence-corrected chi connectivity index (χ1v) is 5.51. The Kier molecular flexibility index (Phi) is 2.87. The van der Waals surface area contributed by atoms with E-state index in [1.807, 2.05) is 0 Å². The van der Waals surface area contributed by atoms with E-state index in [4.69, 9.17) is 5.11 Å². The number of aliphatic hydroxyl groups is 1. The monoisotopic (exact) mass is 190 g/mol. The number of aryl methyl sites for hydroxylation is 1. The summed E-state index contributed by atoms with van der Waals surface area (Å²) in [5.41, 5.74) is 3.01. The summed E-state index contributed by atoms with van der Waals surface area (Å²) >= 11 is 0. The summed E-state index contributed by atoms with van der Waals surface area (Å²) < 4.78 is 0. The molecule has 14 heavy (non-hydrogen) atoms. The van der Waals surface area contributed by atoms with Crippen LogP contribution in [0.2, 0.25) is 0 Å². The second kappa shape index (κ2) is 4.14. The third kappa shape index (κ3) is 1.69. The SMILES string of the molecule is C[C@@H]1c2ccccc2CC[C@H]1CCO. The molecule has 1 heteroatoms. The van der Waals surface area contributed by atoms with Gasteiger partial charge in [0.25, 0.3) is 0 Å². The van der Waals surface area contributed by atoms with Crippen molar-refractivity contribution in [3.05, 3.63) is 35.4 Å². The summed E-state index contributed by atoms with van der Waals surface area (Å²) in [6, 6.07) is 8.72. The lowest BCUT2D eigenvalue weighted by Crippen LogP contribution is -2.19. The molecule has 0 radical (unpaired) electrons. The Bertz CT molecular complexity index is 306. The van der Waals surface area contributed by atoms with E-state index in [1.54, 1.807) is 0 Å². The van der Waals surface area contributed by atoms with Gasteiger partial charge in [0.05, 0.1) is 0 Å². The minimum absolute atomic E-state index is 0.331. The molecule has 0 unspecified atom stereocenters. The van der Waals surface area contributed by atoms with Crippen LogP contribution in [-0.4, -0.2) is 11.7 Å². The number of hydrogen-bond acceptors (Lipinski definition) is 1. The zero-order chi connectivity index (χ0) is 9.97. The first kappa shape index (κ1) is 9.72. The Morgan fingerprint density at radius 1 is 1.36 bits per heavy atom. The molecule has 1 N–H and O–H groups in total. The van der Waals surface area contributed by atoms with Crippen molar-refractivity contribution >= 4 is 0 Å². The summed E-state index contributed by atoms with van der Waals surface area (Å²) in [6.45, 7) is 2.62. The van der Waals surface area contributed by atoms with E-state index in [9.17, 15) is 0 Å². The minimum atomic E-state index is 0.331. The van der Waals surface area contributed by atoms with Gasteiger partial charge in [-0.25, -0.2) is 0 Å². The van der Waals surface area contributed by atoms with Gasteiger partial charge in [0.1, 0.15) is 0 Å². The zero-order valence-electron chi connectivity index (χ0n) is 8.74. The van der Waals surface area contributed by atoms with Crippen LogP contribution in [0, 0.1) is 5.92 Å². The molecule has 0 fully saturated rings. The Labute approximate surface area is 85.8 Å². The van der Waals surface area contributed by atoms with Crippen LogP contribution in [0.3, 0.4) is 0 Å². The third-order valence-electron chi connectivity index (χ3n) is 3.54. The second-order valence-corrected chi connectivity index (χ2v) is 4.30. The van der Waals surface area contributed by atoms with E-state index in [0.717, 1.165) is 6.42 Å². The summed E-state index contributed by atoms with van der Waals surface area (Å²) in [4.78, 5) is 0. The van der Waals surface area contributed by atoms with Gasteiger partial charge < -0.3 is 5.11 Å². The molecule has 0 spiro atoms. The van der Waals surface area contributed by atoms with Crippen LogP contribution in [0.15, 0.2) is 24.3 Å². The smallest absolute Gasteiger partial charge is 0.0433 e. The normalized spacial score (nSPS) is 25.9.